The molecule has 18 aromatic carbocycles. The van der Waals surface area contributed by atoms with Crippen molar-refractivity contribution in [3.05, 3.63) is 388 Å². The van der Waals surface area contributed by atoms with Crippen LogP contribution < -0.4 is 0 Å². The molecule has 0 amide bonds. The van der Waals surface area contributed by atoms with Crippen molar-refractivity contribution in [1.82, 2.24) is 29.1 Å². The second kappa shape index (κ2) is 27.4. The fraction of sp³-hybridized carbons (Fsp3) is 0. The number of rotatable bonds is 9. The predicted molar refractivity (Wildman–Crippen MR) is 503 cm³/mol. The maximum absolute atomic E-state index is 9.42. The van der Waals surface area contributed by atoms with Crippen LogP contribution in [0.3, 0.4) is 0 Å². The standard InChI is InChI=1S/C56H33N3O2.C55H30N4OS/c1-3-14-34(15-4-1)43-32-47-52(33-44(43)35-16-5-2-6-17-35)61-56-55(47)57-53(54(58-56)39-26-27-51-46(30-39)42-23-10-12-25-50(42)60-51)38-20-13-21-40(28-38)59-48-24-11-9-22-41(48)45-29-36-18-7-8-19-37(36)31-49(45)59;56-31-32-17-19-33(20-18-32)36-22-26-51-45(28-36)54-55(61-51)58-52(37-21-25-50-44(29-37)41-14-6-8-16-49(41)60-50)53(57-54)42-23-24-47(39-12-4-3-11-38(39)42)59-46-15-7-5-13-40(46)43-27-34-9-1-2-10-35(34)30-48(43)59/h1-33H;1-30H. The maximum Gasteiger partial charge on any atom is 0.246 e. The number of aromatic nitrogens is 6. The quantitative estimate of drug-likeness (QED) is 0.140. The Morgan fingerprint density at radius 3 is 1.38 bits per heavy atom. The number of nitriles is 1. The monoisotopic (exact) mass is 1570 g/mol. The number of hydrogen-bond donors (Lipinski definition) is 0. The van der Waals surface area contributed by atoms with Crippen LogP contribution in [-0.2, 0) is 0 Å². The van der Waals surface area contributed by atoms with E-state index in [4.69, 9.17) is 33.2 Å². The lowest BCUT2D eigenvalue weighted by molar-refractivity contribution is 0.654. The molecule has 122 heavy (non-hydrogen) atoms. The van der Waals surface area contributed by atoms with Crippen molar-refractivity contribution in [1.29, 1.82) is 5.26 Å². The van der Waals surface area contributed by atoms with Gasteiger partial charge in [-0.3, -0.25) is 0 Å². The molecule has 8 aromatic heterocycles. The van der Waals surface area contributed by atoms with Gasteiger partial charge in [0.2, 0.25) is 5.71 Å². The summed E-state index contributed by atoms with van der Waals surface area (Å²) in [6, 6.07) is 137. The Morgan fingerprint density at radius 1 is 0.254 bits per heavy atom. The first-order chi connectivity index (χ1) is 60.4. The summed E-state index contributed by atoms with van der Waals surface area (Å²) in [4.78, 5) is 23.0. The van der Waals surface area contributed by atoms with Crippen molar-refractivity contribution >= 4 is 174 Å². The number of benzene rings is 18. The first-order valence-corrected chi connectivity index (χ1v) is 41.6. The van der Waals surface area contributed by atoms with Gasteiger partial charge in [0.1, 0.15) is 49.5 Å². The smallest absolute Gasteiger partial charge is 0.246 e. The molecular formula is C111H63N7O3S. The van der Waals surface area contributed by atoms with Gasteiger partial charge in [0, 0.05) is 91.9 Å². The van der Waals surface area contributed by atoms with Gasteiger partial charge < -0.3 is 22.4 Å². The zero-order valence-electron chi connectivity index (χ0n) is 65.1. The maximum atomic E-state index is 9.42. The Morgan fingerprint density at radius 2 is 0.738 bits per heavy atom. The molecular weight excluding hydrogens is 1510 g/mol. The third-order valence-corrected chi connectivity index (χ3v) is 25.5. The normalized spacial score (nSPS) is 11.9. The number of hydrogen-bond acceptors (Lipinski definition) is 9. The SMILES string of the molecule is N#Cc1ccc(-c2ccc3sc4nc(-c5ccc6oc7ccccc7c6c5)c(-c5ccc(-n6c7ccccc7c7cc8ccccc8cc76)c6ccccc56)nc4c3c2)cc1.c1ccc(-c2cc3oc4nc(-c5ccc6oc7ccccc7c6c5)c(-c5cccc(-n6c7ccccc7c7cc8ccccc8cc76)c5)nc4c3cc2-c2ccccc2)cc1. The Bertz CT molecular complexity index is 8930. The first-order valence-electron chi connectivity index (χ1n) is 40.8. The highest BCUT2D eigenvalue weighted by atomic mass is 32.1. The van der Waals surface area contributed by atoms with Gasteiger partial charge in [-0.05, 0) is 206 Å². The minimum absolute atomic E-state index is 0.487. The van der Waals surface area contributed by atoms with E-state index >= 15 is 0 Å². The molecule has 0 N–H and O–H groups in total. The zero-order chi connectivity index (χ0) is 80.2. The average molecular weight is 1570 g/mol. The van der Waals surface area contributed by atoms with Crippen molar-refractivity contribution in [3.63, 3.8) is 0 Å². The summed E-state index contributed by atoms with van der Waals surface area (Å²) in [5, 5.41) is 27.5. The molecule has 0 unspecified atom stereocenters. The lowest BCUT2D eigenvalue weighted by Gasteiger charge is -2.16. The number of para-hydroxylation sites is 4. The molecule has 0 aliphatic heterocycles. The average Bonchev–Trinajstić information content (AvgIpc) is 1.48. The molecule has 26 aromatic rings. The number of fused-ring (bicyclic) bond motifs is 21. The van der Waals surface area contributed by atoms with Crippen LogP contribution in [0.1, 0.15) is 5.56 Å². The summed E-state index contributed by atoms with van der Waals surface area (Å²) in [7, 11) is 0. The van der Waals surface area contributed by atoms with E-state index in [0.29, 0.717) is 16.8 Å². The van der Waals surface area contributed by atoms with Crippen LogP contribution in [0.5, 0.6) is 0 Å². The molecule has 0 atom stereocenters. The van der Waals surface area contributed by atoms with Crippen LogP contribution in [0, 0.1) is 11.3 Å². The molecule has 0 bridgehead atoms. The summed E-state index contributed by atoms with van der Waals surface area (Å²) >= 11 is 1.66. The largest absolute Gasteiger partial charge is 0.456 e. The van der Waals surface area contributed by atoms with E-state index < -0.39 is 0 Å². The van der Waals surface area contributed by atoms with Crippen molar-refractivity contribution in [2.24, 2.45) is 0 Å². The van der Waals surface area contributed by atoms with E-state index in [2.05, 4.69) is 331 Å². The topological polar surface area (TPSA) is 125 Å². The van der Waals surface area contributed by atoms with Crippen LogP contribution in [0.25, 0.3) is 252 Å². The highest BCUT2D eigenvalue weighted by molar-refractivity contribution is 7.25. The van der Waals surface area contributed by atoms with Gasteiger partial charge in [-0.15, -0.1) is 11.3 Å². The summed E-state index contributed by atoms with van der Waals surface area (Å²) in [5.74, 6) is 0. The van der Waals surface area contributed by atoms with Crippen molar-refractivity contribution in [3.8, 4) is 95.9 Å². The van der Waals surface area contributed by atoms with E-state index in [1.807, 2.05) is 66.7 Å². The molecule has 26 rings (SSSR count). The van der Waals surface area contributed by atoms with Crippen LogP contribution >= 0.6 is 11.3 Å². The number of nitrogens with zero attached hydrogens (tertiary/aromatic N) is 7. The van der Waals surface area contributed by atoms with Crippen LogP contribution in [0.15, 0.2) is 395 Å². The molecule has 0 aliphatic carbocycles. The lowest BCUT2D eigenvalue weighted by atomic mass is 9.93. The fourth-order valence-electron chi connectivity index (χ4n) is 18.7. The van der Waals surface area contributed by atoms with Gasteiger partial charge in [-0.1, -0.05) is 237 Å². The van der Waals surface area contributed by atoms with Crippen molar-refractivity contribution in [2.75, 3.05) is 0 Å². The fourth-order valence-corrected chi connectivity index (χ4v) is 19.7. The van der Waals surface area contributed by atoms with Gasteiger partial charge in [0.05, 0.1) is 56.5 Å². The molecule has 10 nitrogen and oxygen atoms in total. The molecule has 0 saturated heterocycles. The highest BCUT2D eigenvalue weighted by Gasteiger charge is 2.27. The summed E-state index contributed by atoms with van der Waals surface area (Å²) in [6.07, 6.45) is 0. The first kappa shape index (κ1) is 68.8. The molecule has 0 radical (unpaired) electrons. The van der Waals surface area contributed by atoms with Crippen LogP contribution in [-0.4, -0.2) is 29.1 Å². The Labute approximate surface area is 700 Å². The van der Waals surface area contributed by atoms with Gasteiger partial charge in [0.15, 0.2) is 0 Å². The van der Waals surface area contributed by atoms with Gasteiger partial charge in [0.25, 0.3) is 0 Å². The second-order valence-corrected chi connectivity index (χ2v) is 32.4. The minimum atomic E-state index is 0.487. The lowest BCUT2D eigenvalue weighted by Crippen LogP contribution is -1.99. The zero-order valence-corrected chi connectivity index (χ0v) is 66.0. The molecule has 0 fully saturated rings. The molecule has 566 valence electrons. The van der Waals surface area contributed by atoms with E-state index in [1.165, 1.54) is 48.6 Å². The van der Waals surface area contributed by atoms with E-state index in [9.17, 15) is 5.26 Å². The van der Waals surface area contributed by atoms with Crippen molar-refractivity contribution in [2.45, 2.75) is 0 Å². The summed E-state index contributed by atoms with van der Waals surface area (Å²) in [5.41, 5.74) is 27.1. The summed E-state index contributed by atoms with van der Waals surface area (Å²) in [6.45, 7) is 0. The van der Waals surface area contributed by atoms with Gasteiger partial charge in [-0.2, -0.15) is 5.26 Å². The van der Waals surface area contributed by atoms with Crippen molar-refractivity contribution < 1.29 is 13.3 Å². The second-order valence-electron chi connectivity index (χ2n) is 31.4. The van der Waals surface area contributed by atoms with Crippen LogP contribution in [0.2, 0.25) is 0 Å². The Kier molecular flexibility index (Phi) is 15.4. The van der Waals surface area contributed by atoms with Gasteiger partial charge >= 0.3 is 0 Å². The molecule has 0 saturated carbocycles. The van der Waals surface area contributed by atoms with E-state index in [0.717, 1.165) is 192 Å². The molecule has 0 spiro atoms. The molecule has 11 heteroatoms. The molecule has 8 heterocycles. The van der Waals surface area contributed by atoms with E-state index in [-0.39, 0.29) is 0 Å². The Balaban J connectivity index is 0.000000134. The third kappa shape index (κ3) is 11.0. The Hall–Kier alpha value is -16.4. The predicted octanol–water partition coefficient (Wildman–Crippen LogP) is 30.2. The van der Waals surface area contributed by atoms with E-state index in [1.54, 1.807) is 11.3 Å². The minimum Gasteiger partial charge on any atom is -0.456 e. The van der Waals surface area contributed by atoms with Gasteiger partial charge in [-0.25, -0.2) is 19.9 Å². The molecule has 0 aliphatic rings. The number of thiophene rings is 1. The number of furan rings is 3. The highest BCUT2D eigenvalue weighted by Crippen LogP contribution is 2.48. The third-order valence-electron chi connectivity index (χ3n) is 24.4. The van der Waals surface area contributed by atoms with Crippen LogP contribution in [0.4, 0.5) is 0 Å². The summed E-state index contributed by atoms with van der Waals surface area (Å²) < 4.78 is 25.2.